The number of rotatable bonds is 5. The first-order valence-electron chi connectivity index (χ1n) is 16.7. The van der Waals surface area contributed by atoms with Gasteiger partial charge in [0, 0.05) is 44.0 Å². The summed E-state index contributed by atoms with van der Waals surface area (Å²) < 4.78 is 8.81. The van der Waals surface area contributed by atoms with Crippen LogP contribution in [0.1, 0.15) is 0 Å². The fourth-order valence-corrected chi connectivity index (χ4v) is 7.56. The lowest BCUT2D eigenvalue weighted by Crippen LogP contribution is -2.10. The number of aromatic nitrogens is 1. The second-order valence-electron chi connectivity index (χ2n) is 12.6. The highest BCUT2D eigenvalue weighted by molar-refractivity contribution is 6.18. The van der Waals surface area contributed by atoms with E-state index in [4.69, 9.17) is 4.42 Å². The number of furan rings is 1. The minimum Gasteiger partial charge on any atom is -0.455 e. The Hall–Kier alpha value is -6.58. The van der Waals surface area contributed by atoms with Gasteiger partial charge in [-0.25, -0.2) is 0 Å². The van der Waals surface area contributed by atoms with Gasteiger partial charge in [-0.1, -0.05) is 109 Å². The van der Waals surface area contributed by atoms with E-state index in [-0.39, 0.29) is 0 Å². The van der Waals surface area contributed by atoms with Gasteiger partial charge in [-0.2, -0.15) is 0 Å². The highest BCUT2D eigenvalue weighted by Gasteiger charge is 2.22. The Balaban J connectivity index is 1.25. The number of benzene rings is 8. The summed E-state index contributed by atoms with van der Waals surface area (Å²) in [5.74, 6) is 0. The van der Waals surface area contributed by atoms with Crippen LogP contribution in [-0.4, -0.2) is 4.57 Å². The third-order valence-corrected chi connectivity index (χ3v) is 9.74. The van der Waals surface area contributed by atoms with Gasteiger partial charge in [0.15, 0.2) is 0 Å². The number of para-hydroxylation sites is 3. The molecule has 3 heteroatoms. The molecule has 0 N–H and O–H groups in total. The zero-order valence-corrected chi connectivity index (χ0v) is 26.6. The molecule has 10 rings (SSSR count). The molecule has 8 aromatic carbocycles. The predicted octanol–water partition coefficient (Wildman–Crippen LogP) is 13.0. The highest BCUT2D eigenvalue weighted by atomic mass is 16.3. The Morgan fingerprint density at radius 3 is 1.98 bits per heavy atom. The van der Waals surface area contributed by atoms with Crippen molar-refractivity contribution >= 4 is 71.6 Å². The Bertz CT molecular complexity index is 2830. The van der Waals surface area contributed by atoms with E-state index in [2.05, 4.69) is 179 Å². The summed E-state index contributed by atoms with van der Waals surface area (Å²) in [6.45, 7) is 0. The van der Waals surface area contributed by atoms with E-state index in [9.17, 15) is 0 Å². The van der Waals surface area contributed by atoms with Gasteiger partial charge in [-0.3, -0.25) is 0 Å². The summed E-state index contributed by atoms with van der Waals surface area (Å²) in [5, 5.41) is 6.94. The number of anilines is 3. The topological polar surface area (TPSA) is 21.3 Å². The molecule has 2 heterocycles. The van der Waals surface area contributed by atoms with Crippen molar-refractivity contribution in [3.8, 4) is 16.8 Å². The smallest absolute Gasteiger partial charge is 0.143 e. The number of fused-ring (bicyclic) bond motifs is 8. The molecule has 49 heavy (non-hydrogen) atoms. The van der Waals surface area contributed by atoms with Gasteiger partial charge in [-0.05, 0) is 89.3 Å². The van der Waals surface area contributed by atoms with E-state index >= 15 is 0 Å². The molecule has 0 aliphatic carbocycles. The van der Waals surface area contributed by atoms with Crippen molar-refractivity contribution in [3.05, 3.63) is 182 Å². The van der Waals surface area contributed by atoms with Crippen molar-refractivity contribution in [2.24, 2.45) is 0 Å². The van der Waals surface area contributed by atoms with E-state index in [1.165, 1.54) is 32.9 Å². The fraction of sp³-hybridized carbons (Fsp3) is 0. The molecule has 0 unspecified atom stereocenters. The van der Waals surface area contributed by atoms with Gasteiger partial charge in [0.2, 0.25) is 0 Å². The molecule has 0 atom stereocenters. The number of hydrogen-bond donors (Lipinski definition) is 0. The monoisotopic (exact) mass is 626 g/mol. The van der Waals surface area contributed by atoms with E-state index in [1.807, 2.05) is 12.1 Å². The van der Waals surface area contributed by atoms with Crippen molar-refractivity contribution in [2.75, 3.05) is 4.90 Å². The van der Waals surface area contributed by atoms with E-state index in [1.54, 1.807) is 0 Å². The minimum atomic E-state index is 0.912. The zero-order chi connectivity index (χ0) is 32.3. The van der Waals surface area contributed by atoms with Crippen LogP contribution in [0.25, 0.3) is 71.3 Å². The average molecular weight is 627 g/mol. The molecule has 0 aliphatic heterocycles. The van der Waals surface area contributed by atoms with E-state index in [0.717, 1.165) is 55.5 Å². The molecule has 230 valence electrons. The standard InChI is InChI=1S/C46H30N2O/c1-3-13-31(14-4-1)32-15-11-18-35(29-32)47(36-26-28-37-33(30-36)25-27-39-38-19-8-10-24-44(38)49-46(37)39)42-22-12-23-43-45(42)40-20-7-9-21-41(40)48(43)34-16-5-2-6-17-34/h1-30H. The third-order valence-electron chi connectivity index (χ3n) is 9.74. The van der Waals surface area contributed by atoms with Crippen LogP contribution in [0, 0.1) is 0 Å². The second-order valence-corrected chi connectivity index (χ2v) is 12.6. The lowest BCUT2D eigenvalue weighted by molar-refractivity contribution is 0.672. The molecular formula is C46H30N2O. The number of hydrogen-bond acceptors (Lipinski definition) is 2. The Morgan fingerprint density at radius 2 is 1.10 bits per heavy atom. The van der Waals surface area contributed by atoms with Crippen LogP contribution in [0.4, 0.5) is 17.1 Å². The molecule has 0 bridgehead atoms. The molecule has 10 aromatic rings. The molecular weight excluding hydrogens is 597 g/mol. The van der Waals surface area contributed by atoms with E-state index < -0.39 is 0 Å². The van der Waals surface area contributed by atoms with Gasteiger partial charge in [-0.15, -0.1) is 0 Å². The first-order valence-corrected chi connectivity index (χ1v) is 16.7. The van der Waals surface area contributed by atoms with Crippen LogP contribution in [0.5, 0.6) is 0 Å². The van der Waals surface area contributed by atoms with Crippen LogP contribution in [-0.2, 0) is 0 Å². The first-order chi connectivity index (χ1) is 24.3. The average Bonchev–Trinajstić information content (AvgIpc) is 3.72. The predicted molar refractivity (Wildman–Crippen MR) is 206 cm³/mol. The van der Waals surface area contributed by atoms with Crippen molar-refractivity contribution in [1.82, 2.24) is 4.57 Å². The molecule has 0 radical (unpaired) electrons. The van der Waals surface area contributed by atoms with Gasteiger partial charge in [0.25, 0.3) is 0 Å². The normalized spacial score (nSPS) is 11.7. The second kappa shape index (κ2) is 11.0. The third kappa shape index (κ3) is 4.37. The highest BCUT2D eigenvalue weighted by Crippen LogP contribution is 2.45. The Kier molecular flexibility index (Phi) is 6.18. The Labute approximate surface area is 283 Å². The summed E-state index contributed by atoms with van der Waals surface area (Å²) in [6.07, 6.45) is 0. The van der Waals surface area contributed by atoms with E-state index in [0.29, 0.717) is 0 Å². The molecule has 0 fully saturated rings. The maximum absolute atomic E-state index is 6.43. The van der Waals surface area contributed by atoms with Crippen LogP contribution in [0.2, 0.25) is 0 Å². The fourth-order valence-electron chi connectivity index (χ4n) is 7.56. The quantitative estimate of drug-likeness (QED) is 0.190. The van der Waals surface area contributed by atoms with Crippen molar-refractivity contribution in [2.45, 2.75) is 0 Å². The maximum Gasteiger partial charge on any atom is 0.143 e. The first kappa shape index (κ1) is 27.5. The Morgan fingerprint density at radius 1 is 0.429 bits per heavy atom. The molecule has 0 spiro atoms. The zero-order valence-electron chi connectivity index (χ0n) is 26.6. The number of nitrogens with zero attached hydrogens (tertiary/aromatic N) is 2. The maximum atomic E-state index is 6.43. The van der Waals surface area contributed by atoms with Crippen LogP contribution in [0.15, 0.2) is 186 Å². The molecule has 2 aromatic heterocycles. The lowest BCUT2D eigenvalue weighted by Gasteiger charge is -2.27. The van der Waals surface area contributed by atoms with Crippen molar-refractivity contribution in [3.63, 3.8) is 0 Å². The van der Waals surface area contributed by atoms with Gasteiger partial charge < -0.3 is 13.9 Å². The molecule has 0 saturated heterocycles. The van der Waals surface area contributed by atoms with Crippen LogP contribution >= 0.6 is 0 Å². The van der Waals surface area contributed by atoms with Crippen molar-refractivity contribution in [1.29, 1.82) is 0 Å². The summed E-state index contributed by atoms with van der Waals surface area (Å²) in [6, 6.07) is 65.0. The lowest BCUT2D eigenvalue weighted by atomic mass is 10.0. The molecule has 0 aliphatic rings. The summed E-state index contributed by atoms with van der Waals surface area (Å²) in [4.78, 5) is 2.42. The SMILES string of the molecule is c1ccc(-c2cccc(N(c3ccc4c(ccc5c6ccccc6oc45)c3)c3cccc4c3c3ccccc3n4-c3ccccc3)c2)cc1. The molecule has 0 amide bonds. The summed E-state index contributed by atoms with van der Waals surface area (Å²) in [5.41, 5.74) is 11.0. The van der Waals surface area contributed by atoms with Crippen LogP contribution in [0.3, 0.4) is 0 Å². The summed E-state index contributed by atoms with van der Waals surface area (Å²) >= 11 is 0. The van der Waals surface area contributed by atoms with Gasteiger partial charge >= 0.3 is 0 Å². The molecule has 0 saturated carbocycles. The molecule has 3 nitrogen and oxygen atoms in total. The van der Waals surface area contributed by atoms with Gasteiger partial charge in [0.05, 0.1) is 16.7 Å². The van der Waals surface area contributed by atoms with Crippen molar-refractivity contribution < 1.29 is 4.42 Å². The van der Waals surface area contributed by atoms with Crippen LogP contribution < -0.4 is 4.90 Å². The largest absolute Gasteiger partial charge is 0.455 e. The minimum absolute atomic E-state index is 0.912. The van der Waals surface area contributed by atoms with Gasteiger partial charge in [0.1, 0.15) is 11.2 Å². The summed E-state index contributed by atoms with van der Waals surface area (Å²) in [7, 11) is 0.